The van der Waals surface area contributed by atoms with E-state index in [-0.39, 0.29) is 0 Å². The number of hydrogen-bond donors (Lipinski definition) is 1. The SMILES string of the molecule is OCC1CCN(Cc2ccsc2)C1. The molecule has 0 bridgehead atoms. The number of hydrogen-bond acceptors (Lipinski definition) is 3. The molecular formula is C10H15NOS. The summed E-state index contributed by atoms with van der Waals surface area (Å²) < 4.78 is 0. The predicted molar refractivity (Wildman–Crippen MR) is 54.8 cm³/mol. The number of nitrogens with zero attached hydrogens (tertiary/aromatic N) is 1. The lowest BCUT2D eigenvalue weighted by atomic mass is 10.1. The first-order valence-electron chi connectivity index (χ1n) is 4.73. The van der Waals surface area contributed by atoms with Gasteiger partial charge in [0.15, 0.2) is 0 Å². The zero-order valence-electron chi connectivity index (χ0n) is 7.65. The van der Waals surface area contributed by atoms with Crippen molar-refractivity contribution < 1.29 is 5.11 Å². The highest BCUT2D eigenvalue weighted by atomic mass is 32.1. The summed E-state index contributed by atoms with van der Waals surface area (Å²) in [6, 6.07) is 2.18. The maximum atomic E-state index is 8.99. The third-order valence-corrected chi connectivity index (χ3v) is 3.35. The minimum absolute atomic E-state index is 0.347. The van der Waals surface area contributed by atoms with Crippen LogP contribution in [-0.4, -0.2) is 29.7 Å². The summed E-state index contributed by atoms with van der Waals surface area (Å²) in [7, 11) is 0. The number of likely N-dealkylation sites (tertiary alicyclic amines) is 1. The molecule has 1 aliphatic rings. The van der Waals surface area contributed by atoms with Crippen molar-refractivity contribution in [3.8, 4) is 0 Å². The molecule has 0 aromatic carbocycles. The molecule has 0 aliphatic carbocycles. The van der Waals surface area contributed by atoms with Crippen LogP contribution in [0, 0.1) is 5.92 Å². The van der Waals surface area contributed by atoms with Crippen LogP contribution in [0.3, 0.4) is 0 Å². The van der Waals surface area contributed by atoms with Crippen molar-refractivity contribution in [2.24, 2.45) is 5.92 Å². The molecule has 1 fully saturated rings. The fraction of sp³-hybridized carbons (Fsp3) is 0.600. The second kappa shape index (κ2) is 4.22. The largest absolute Gasteiger partial charge is 0.396 e. The topological polar surface area (TPSA) is 23.5 Å². The predicted octanol–water partition coefficient (Wildman–Crippen LogP) is 1.56. The monoisotopic (exact) mass is 197 g/mol. The van der Waals surface area contributed by atoms with Gasteiger partial charge in [0.25, 0.3) is 0 Å². The van der Waals surface area contributed by atoms with Crippen LogP contribution in [0.1, 0.15) is 12.0 Å². The highest BCUT2D eigenvalue weighted by Gasteiger charge is 2.21. The maximum Gasteiger partial charge on any atom is 0.0471 e. The lowest BCUT2D eigenvalue weighted by Crippen LogP contribution is -2.20. The minimum Gasteiger partial charge on any atom is -0.396 e. The second-order valence-electron chi connectivity index (χ2n) is 3.70. The molecule has 0 amide bonds. The molecule has 3 heteroatoms. The molecule has 2 rings (SSSR count). The maximum absolute atomic E-state index is 8.99. The van der Waals surface area contributed by atoms with Gasteiger partial charge in [0.05, 0.1) is 0 Å². The Morgan fingerprint density at radius 2 is 2.54 bits per heavy atom. The number of thiophene rings is 1. The Morgan fingerprint density at radius 1 is 1.62 bits per heavy atom. The molecule has 1 saturated heterocycles. The first-order chi connectivity index (χ1) is 6.38. The minimum atomic E-state index is 0.347. The van der Waals surface area contributed by atoms with E-state index in [0.717, 1.165) is 26.1 Å². The number of rotatable bonds is 3. The quantitative estimate of drug-likeness (QED) is 0.795. The fourth-order valence-electron chi connectivity index (χ4n) is 1.85. The van der Waals surface area contributed by atoms with Gasteiger partial charge in [-0.3, -0.25) is 4.90 Å². The van der Waals surface area contributed by atoms with Crippen LogP contribution in [0.25, 0.3) is 0 Å². The van der Waals surface area contributed by atoms with Crippen LogP contribution in [0.5, 0.6) is 0 Å². The van der Waals surface area contributed by atoms with Gasteiger partial charge in [0, 0.05) is 19.7 Å². The van der Waals surface area contributed by atoms with Crippen LogP contribution in [0.2, 0.25) is 0 Å². The molecule has 0 radical (unpaired) electrons. The van der Waals surface area contributed by atoms with Crippen LogP contribution in [0.4, 0.5) is 0 Å². The van der Waals surface area contributed by atoms with Crippen molar-refractivity contribution in [1.29, 1.82) is 0 Å². The Morgan fingerprint density at radius 3 is 3.15 bits per heavy atom. The highest BCUT2D eigenvalue weighted by molar-refractivity contribution is 7.07. The first-order valence-corrected chi connectivity index (χ1v) is 5.67. The Balaban J connectivity index is 1.84. The van der Waals surface area contributed by atoms with Gasteiger partial charge in [-0.05, 0) is 41.3 Å². The van der Waals surface area contributed by atoms with Crippen LogP contribution >= 0.6 is 11.3 Å². The van der Waals surface area contributed by atoms with Crippen molar-refractivity contribution in [2.75, 3.05) is 19.7 Å². The van der Waals surface area contributed by atoms with Gasteiger partial charge in [-0.25, -0.2) is 0 Å². The van der Waals surface area contributed by atoms with Gasteiger partial charge in [-0.15, -0.1) is 0 Å². The molecular weight excluding hydrogens is 182 g/mol. The van der Waals surface area contributed by atoms with Gasteiger partial charge < -0.3 is 5.11 Å². The summed E-state index contributed by atoms with van der Waals surface area (Å²) in [5, 5.41) is 13.3. The average Bonchev–Trinajstić information content (AvgIpc) is 2.76. The van der Waals surface area contributed by atoms with Crippen molar-refractivity contribution in [1.82, 2.24) is 4.90 Å². The molecule has 1 aliphatic heterocycles. The summed E-state index contributed by atoms with van der Waals surface area (Å²) in [4.78, 5) is 2.42. The fourth-order valence-corrected chi connectivity index (χ4v) is 2.51. The molecule has 1 aromatic heterocycles. The Labute approximate surface area is 82.8 Å². The normalized spacial score (nSPS) is 23.9. The van der Waals surface area contributed by atoms with Crippen LogP contribution < -0.4 is 0 Å². The van der Waals surface area contributed by atoms with Crippen molar-refractivity contribution in [3.05, 3.63) is 22.4 Å². The number of aliphatic hydroxyl groups excluding tert-OH is 1. The molecule has 1 N–H and O–H groups in total. The van der Waals surface area contributed by atoms with Gasteiger partial charge in [0.2, 0.25) is 0 Å². The van der Waals surface area contributed by atoms with Crippen molar-refractivity contribution in [3.63, 3.8) is 0 Å². The smallest absolute Gasteiger partial charge is 0.0471 e. The van der Waals surface area contributed by atoms with Crippen molar-refractivity contribution >= 4 is 11.3 Å². The molecule has 2 heterocycles. The van der Waals surface area contributed by atoms with E-state index >= 15 is 0 Å². The van der Waals surface area contributed by atoms with E-state index in [0.29, 0.717) is 12.5 Å². The molecule has 0 saturated carbocycles. The summed E-state index contributed by atoms with van der Waals surface area (Å²) in [6.45, 7) is 3.60. The molecule has 1 unspecified atom stereocenters. The zero-order valence-corrected chi connectivity index (χ0v) is 8.46. The molecule has 13 heavy (non-hydrogen) atoms. The number of aliphatic hydroxyl groups is 1. The van der Waals surface area contributed by atoms with E-state index in [2.05, 4.69) is 21.7 Å². The summed E-state index contributed by atoms with van der Waals surface area (Å²) in [5.41, 5.74) is 1.41. The average molecular weight is 197 g/mol. The summed E-state index contributed by atoms with van der Waals surface area (Å²) in [6.07, 6.45) is 1.15. The Hall–Kier alpha value is -0.380. The van der Waals surface area contributed by atoms with E-state index in [9.17, 15) is 0 Å². The Kier molecular flexibility index (Phi) is 2.98. The molecule has 0 spiro atoms. The standard InChI is InChI=1S/C10H15NOS/c12-7-9-1-3-11(5-9)6-10-2-4-13-8-10/h2,4,8-9,12H,1,3,5-7H2. The van der Waals surface area contributed by atoms with E-state index < -0.39 is 0 Å². The zero-order chi connectivity index (χ0) is 9.10. The third kappa shape index (κ3) is 2.30. The van der Waals surface area contributed by atoms with Gasteiger partial charge in [-0.2, -0.15) is 11.3 Å². The van der Waals surface area contributed by atoms with Gasteiger partial charge in [-0.1, -0.05) is 0 Å². The first kappa shape index (κ1) is 9.19. The molecule has 72 valence electrons. The van der Waals surface area contributed by atoms with E-state index in [1.165, 1.54) is 5.56 Å². The van der Waals surface area contributed by atoms with Gasteiger partial charge >= 0.3 is 0 Å². The Bertz CT molecular complexity index is 247. The third-order valence-electron chi connectivity index (χ3n) is 2.61. The second-order valence-corrected chi connectivity index (χ2v) is 4.48. The van der Waals surface area contributed by atoms with Crippen molar-refractivity contribution in [2.45, 2.75) is 13.0 Å². The molecule has 1 atom stereocenters. The molecule has 2 nitrogen and oxygen atoms in total. The van der Waals surface area contributed by atoms with Crippen LogP contribution in [-0.2, 0) is 6.54 Å². The van der Waals surface area contributed by atoms with Crippen LogP contribution in [0.15, 0.2) is 16.8 Å². The van der Waals surface area contributed by atoms with E-state index in [1.807, 2.05) is 0 Å². The van der Waals surface area contributed by atoms with E-state index in [4.69, 9.17) is 5.11 Å². The van der Waals surface area contributed by atoms with Gasteiger partial charge in [0.1, 0.15) is 0 Å². The summed E-state index contributed by atoms with van der Waals surface area (Å²) >= 11 is 1.75. The van der Waals surface area contributed by atoms with E-state index in [1.54, 1.807) is 11.3 Å². The lowest BCUT2D eigenvalue weighted by Gasteiger charge is -2.13. The lowest BCUT2D eigenvalue weighted by molar-refractivity contribution is 0.220. The highest BCUT2D eigenvalue weighted by Crippen LogP contribution is 2.18. The molecule has 1 aromatic rings. The summed E-state index contributed by atoms with van der Waals surface area (Å²) in [5.74, 6) is 0.513.